The summed E-state index contributed by atoms with van der Waals surface area (Å²) < 4.78 is 10.6. The van der Waals surface area contributed by atoms with Crippen molar-refractivity contribution in [3.8, 4) is 0 Å². The highest BCUT2D eigenvalue weighted by molar-refractivity contribution is 5.83. The molecule has 0 aromatic carbocycles. The number of carbonyl (C=O) groups excluding carboxylic acids is 1. The van der Waals surface area contributed by atoms with Crippen LogP contribution in [0.3, 0.4) is 0 Å². The number of hydrogen-bond acceptors (Lipinski definition) is 4. The first-order valence-electron chi connectivity index (χ1n) is 6.23. The number of ether oxygens (including phenoxy) is 2. The molecule has 0 aromatic rings. The third-order valence-corrected chi connectivity index (χ3v) is 4.09. The van der Waals surface area contributed by atoms with E-state index >= 15 is 0 Å². The zero-order chi connectivity index (χ0) is 12.5. The zero-order valence-electron chi connectivity index (χ0n) is 10.6. The van der Waals surface area contributed by atoms with Crippen LogP contribution in [0, 0.1) is 5.41 Å². The van der Waals surface area contributed by atoms with Crippen molar-refractivity contribution in [1.82, 2.24) is 5.32 Å². The molecule has 3 N–H and O–H groups in total. The van der Waals surface area contributed by atoms with Crippen LogP contribution in [0.4, 0.5) is 0 Å². The number of nitrogens with two attached hydrogens (primary N) is 1. The van der Waals surface area contributed by atoms with Crippen molar-refractivity contribution in [2.75, 3.05) is 20.3 Å². The van der Waals surface area contributed by atoms with Crippen molar-refractivity contribution >= 4 is 5.91 Å². The third-order valence-electron chi connectivity index (χ3n) is 4.09. The highest BCUT2D eigenvalue weighted by Crippen LogP contribution is 2.29. The molecule has 1 aliphatic heterocycles. The van der Waals surface area contributed by atoms with Crippen LogP contribution in [0.15, 0.2) is 0 Å². The Morgan fingerprint density at radius 3 is 2.82 bits per heavy atom. The van der Waals surface area contributed by atoms with Crippen molar-refractivity contribution in [3.05, 3.63) is 0 Å². The van der Waals surface area contributed by atoms with Gasteiger partial charge in [-0.1, -0.05) is 0 Å². The van der Waals surface area contributed by atoms with Crippen molar-refractivity contribution in [2.24, 2.45) is 11.1 Å². The van der Waals surface area contributed by atoms with Gasteiger partial charge in [0.1, 0.15) is 0 Å². The first-order chi connectivity index (χ1) is 8.06. The summed E-state index contributed by atoms with van der Waals surface area (Å²) in [6.07, 6.45) is 3.17. The van der Waals surface area contributed by atoms with Crippen LogP contribution in [0.1, 0.15) is 26.2 Å². The van der Waals surface area contributed by atoms with E-state index in [0.717, 1.165) is 19.3 Å². The molecule has 2 fully saturated rings. The Morgan fingerprint density at radius 2 is 2.29 bits per heavy atom. The summed E-state index contributed by atoms with van der Waals surface area (Å²) in [5.74, 6) is 0.0178. The van der Waals surface area contributed by atoms with Gasteiger partial charge in [-0.25, -0.2) is 0 Å². The summed E-state index contributed by atoms with van der Waals surface area (Å²) in [5, 5.41) is 3.08. The van der Waals surface area contributed by atoms with E-state index < -0.39 is 5.41 Å². The summed E-state index contributed by atoms with van der Waals surface area (Å²) in [7, 11) is 1.72. The van der Waals surface area contributed by atoms with Gasteiger partial charge in [0.2, 0.25) is 5.91 Å². The van der Waals surface area contributed by atoms with Gasteiger partial charge in [0, 0.05) is 19.2 Å². The van der Waals surface area contributed by atoms with Crippen LogP contribution in [0.5, 0.6) is 0 Å². The molecule has 1 saturated carbocycles. The maximum absolute atomic E-state index is 12.2. The molecule has 4 atom stereocenters. The second-order valence-corrected chi connectivity index (χ2v) is 5.38. The molecule has 0 spiro atoms. The summed E-state index contributed by atoms with van der Waals surface area (Å²) in [6.45, 7) is 2.76. The van der Waals surface area contributed by atoms with Gasteiger partial charge in [-0.05, 0) is 26.2 Å². The zero-order valence-corrected chi connectivity index (χ0v) is 10.6. The van der Waals surface area contributed by atoms with E-state index in [-0.39, 0.29) is 24.1 Å². The molecule has 1 saturated heterocycles. The van der Waals surface area contributed by atoms with E-state index in [2.05, 4.69) is 5.32 Å². The van der Waals surface area contributed by atoms with Crippen LogP contribution >= 0.6 is 0 Å². The van der Waals surface area contributed by atoms with Crippen LogP contribution in [-0.2, 0) is 14.3 Å². The van der Waals surface area contributed by atoms with Gasteiger partial charge in [0.15, 0.2) is 0 Å². The average molecular weight is 242 g/mol. The van der Waals surface area contributed by atoms with Crippen LogP contribution in [0.2, 0.25) is 0 Å². The van der Waals surface area contributed by atoms with Gasteiger partial charge in [0.05, 0.1) is 24.7 Å². The van der Waals surface area contributed by atoms with E-state index in [4.69, 9.17) is 15.2 Å². The van der Waals surface area contributed by atoms with E-state index in [0.29, 0.717) is 13.2 Å². The van der Waals surface area contributed by atoms with Gasteiger partial charge in [-0.15, -0.1) is 0 Å². The monoisotopic (exact) mass is 242 g/mol. The standard InChI is InChI=1S/C12H22N2O3/c1-12(7-17-6-10(12)13)11(15)14-8-3-4-9(5-8)16-2/h8-10H,3-7,13H2,1-2H3,(H,14,15). The van der Waals surface area contributed by atoms with Gasteiger partial charge in [-0.2, -0.15) is 0 Å². The molecule has 0 aromatic heterocycles. The highest BCUT2D eigenvalue weighted by atomic mass is 16.5. The Labute approximate surface area is 102 Å². The number of nitrogens with one attached hydrogen (secondary N) is 1. The molecule has 1 heterocycles. The minimum absolute atomic E-state index is 0.0178. The van der Waals surface area contributed by atoms with E-state index in [1.807, 2.05) is 6.92 Å². The number of hydrogen-bond donors (Lipinski definition) is 2. The van der Waals surface area contributed by atoms with Crippen LogP contribution in [0.25, 0.3) is 0 Å². The third kappa shape index (κ3) is 2.46. The topological polar surface area (TPSA) is 73.6 Å². The maximum Gasteiger partial charge on any atom is 0.230 e. The molecule has 98 valence electrons. The maximum atomic E-state index is 12.2. The molecule has 0 radical (unpaired) electrons. The molecule has 2 rings (SSSR count). The van der Waals surface area contributed by atoms with E-state index in [1.165, 1.54) is 0 Å². The SMILES string of the molecule is COC1CCC(NC(=O)C2(C)COCC2N)C1. The van der Waals surface area contributed by atoms with Gasteiger partial charge >= 0.3 is 0 Å². The lowest BCUT2D eigenvalue weighted by molar-refractivity contribution is -0.131. The minimum Gasteiger partial charge on any atom is -0.381 e. The van der Waals surface area contributed by atoms with Gasteiger partial charge in [0.25, 0.3) is 0 Å². The predicted octanol–water partition coefficient (Wildman–Crippen LogP) is 0.0339. The fourth-order valence-electron chi connectivity index (χ4n) is 2.56. The number of amides is 1. The summed E-state index contributed by atoms with van der Waals surface area (Å²) >= 11 is 0. The molecule has 17 heavy (non-hydrogen) atoms. The fourth-order valence-corrected chi connectivity index (χ4v) is 2.56. The summed E-state index contributed by atoms with van der Waals surface area (Å²) in [5.41, 5.74) is 5.35. The lowest BCUT2D eigenvalue weighted by atomic mass is 9.84. The predicted molar refractivity (Wildman–Crippen MR) is 63.5 cm³/mol. The molecule has 1 amide bonds. The first-order valence-corrected chi connectivity index (χ1v) is 6.23. The van der Waals surface area contributed by atoms with E-state index in [9.17, 15) is 4.79 Å². The second kappa shape index (κ2) is 4.92. The molecule has 1 aliphatic carbocycles. The normalized spacial score (nSPS) is 41.7. The quantitative estimate of drug-likeness (QED) is 0.732. The number of carbonyl (C=O) groups is 1. The molecule has 4 unspecified atom stereocenters. The highest BCUT2D eigenvalue weighted by Gasteiger charge is 2.45. The van der Waals surface area contributed by atoms with Gasteiger partial charge in [-0.3, -0.25) is 4.79 Å². The Kier molecular flexibility index (Phi) is 3.70. The Balaban J connectivity index is 1.89. The smallest absolute Gasteiger partial charge is 0.230 e. The first kappa shape index (κ1) is 12.8. The Hall–Kier alpha value is -0.650. The Morgan fingerprint density at radius 1 is 1.53 bits per heavy atom. The van der Waals surface area contributed by atoms with Crippen molar-refractivity contribution in [3.63, 3.8) is 0 Å². The summed E-state index contributed by atoms with van der Waals surface area (Å²) in [4.78, 5) is 12.2. The lowest BCUT2D eigenvalue weighted by Crippen LogP contribution is -2.52. The molecular weight excluding hydrogens is 220 g/mol. The minimum atomic E-state index is -0.578. The molecule has 5 nitrogen and oxygen atoms in total. The number of methoxy groups -OCH3 is 1. The lowest BCUT2D eigenvalue weighted by Gasteiger charge is -2.27. The van der Waals surface area contributed by atoms with Crippen molar-refractivity contribution in [2.45, 2.75) is 44.4 Å². The van der Waals surface area contributed by atoms with Gasteiger partial charge < -0.3 is 20.5 Å². The second-order valence-electron chi connectivity index (χ2n) is 5.38. The van der Waals surface area contributed by atoms with Crippen LogP contribution < -0.4 is 11.1 Å². The molecule has 2 aliphatic rings. The fraction of sp³-hybridized carbons (Fsp3) is 0.917. The summed E-state index contributed by atoms with van der Waals surface area (Å²) in [6, 6.07) is 0.0131. The van der Waals surface area contributed by atoms with E-state index in [1.54, 1.807) is 7.11 Å². The van der Waals surface area contributed by atoms with Crippen molar-refractivity contribution < 1.29 is 14.3 Å². The van der Waals surface area contributed by atoms with Crippen LogP contribution in [-0.4, -0.2) is 44.4 Å². The molecular formula is C12H22N2O3. The largest absolute Gasteiger partial charge is 0.381 e. The Bertz CT molecular complexity index is 297. The average Bonchev–Trinajstić information content (AvgIpc) is 2.88. The molecule has 5 heteroatoms. The number of rotatable bonds is 3. The molecule has 0 bridgehead atoms. The van der Waals surface area contributed by atoms with Crippen molar-refractivity contribution in [1.29, 1.82) is 0 Å².